The quantitative estimate of drug-likeness (QED) is 0.0474. The van der Waals surface area contributed by atoms with Gasteiger partial charge in [-0.2, -0.15) is 0 Å². The SMILES string of the molecule is CCCCCCCCC=CCCCCCCCCCCCCN(C)CCCCCCCCCCCCC=CCCCCCCCC. The Morgan fingerprint density at radius 2 is 0.457 bits per heavy atom. The van der Waals surface area contributed by atoms with Crippen LogP contribution < -0.4 is 0 Å². The fourth-order valence-electron chi connectivity index (χ4n) is 6.78. The van der Waals surface area contributed by atoms with Crippen LogP contribution in [0.5, 0.6) is 0 Å². The summed E-state index contributed by atoms with van der Waals surface area (Å²) in [5, 5.41) is 0. The molecule has 0 spiro atoms. The van der Waals surface area contributed by atoms with Crippen molar-refractivity contribution in [3.63, 3.8) is 0 Å². The summed E-state index contributed by atoms with van der Waals surface area (Å²) in [6, 6.07) is 0. The van der Waals surface area contributed by atoms with Crippen LogP contribution in [-0.2, 0) is 0 Å². The van der Waals surface area contributed by atoms with Gasteiger partial charge in [0, 0.05) is 0 Å². The Morgan fingerprint density at radius 1 is 0.261 bits per heavy atom. The van der Waals surface area contributed by atoms with E-state index in [2.05, 4.69) is 50.1 Å². The van der Waals surface area contributed by atoms with Gasteiger partial charge in [0.05, 0.1) is 0 Å². The number of hydrogen-bond donors (Lipinski definition) is 0. The first-order valence-corrected chi connectivity index (χ1v) is 21.8. The molecule has 0 atom stereocenters. The molecule has 0 aromatic carbocycles. The second-order valence-corrected chi connectivity index (χ2v) is 15.0. The predicted molar refractivity (Wildman–Crippen MR) is 213 cm³/mol. The lowest BCUT2D eigenvalue weighted by molar-refractivity contribution is 0.314. The fourth-order valence-corrected chi connectivity index (χ4v) is 6.78. The summed E-state index contributed by atoms with van der Waals surface area (Å²) in [4.78, 5) is 2.59. The molecule has 0 bridgehead atoms. The maximum Gasteiger partial charge on any atom is -0.00218 e. The number of rotatable bonds is 40. The van der Waals surface area contributed by atoms with E-state index < -0.39 is 0 Å². The van der Waals surface area contributed by atoms with Gasteiger partial charge in [-0.1, -0.05) is 205 Å². The third kappa shape index (κ3) is 41.5. The molecule has 0 unspecified atom stereocenters. The summed E-state index contributed by atoms with van der Waals surface area (Å²) in [7, 11) is 2.34. The topological polar surface area (TPSA) is 3.24 Å². The van der Waals surface area contributed by atoms with Crippen molar-refractivity contribution < 1.29 is 0 Å². The van der Waals surface area contributed by atoms with Crippen LogP contribution in [0.1, 0.15) is 245 Å². The van der Waals surface area contributed by atoms with Crippen LogP contribution >= 0.6 is 0 Å². The van der Waals surface area contributed by atoms with Crippen molar-refractivity contribution in [2.75, 3.05) is 20.1 Å². The van der Waals surface area contributed by atoms with Crippen molar-refractivity contribution >= 4 is 0 Å². The molecule has 0 aliphatic heterocycles. The largest absolute Gasteiger partial charge is 0.306 e. The Bertz CT molecular complexity index is 528. The van der Waals surface area contributed by atoms with Gasteiger partial charge in [0.25, 0.3) is 0 Å². The summed E-state index contributed by atoms with van der Waals surface area (Å²) >= 11 is 0. The van der Waals surface area contributed by atoms with Crippen molar-refractivity contribution in [1.82, 2.24) is 4.90 Å². The Balaban J connectivity index is 3.20. The Kier molecular flexibility index (Phi) is 41.9. The number of hydrogen-bond acceptors (Lipinski definition) is 1. The molecule has 274 valence electrons. The molecule has 0 fully saturated rings. The van der Waals surface area contributed by atoms with E-state index >= 15 is 0 Å². The van der Waals surface area contributed by atoms with E-state index in [1.54, 1.807) is 0 Å². The first kappa shape index (κ1) is 45.4. The van der Waals surface area contributed by atoms with Crippen LogP contribution in [0.2, 0.25) is 0 Å². The Morgan fingerprint density at radius 3 is 0.696 bits per heavy atom. The molecule has 0 aromatic heterocycles. The minimum atomic E-state index is 1.31. The van der Waals surface area contributed by atoms with Gasteiger partial charge in [-0.3, -0.25) is 0 Å². The number of allylic oxidation sites excluding steroid dienone is 4. The third-order valence-corrected chi connectivity index (χ3v) is 10.1. The lowest BCUT2D eigenvalue weighted by atomic mass is 10.0. The standard InChI is InChI=1S/C45H89N/c1-4-6-8-10-12-14-16-18-20-22-24-26-28-30-32-34-36-38-40-42-44-46(3)45-43-41-39-37-35-33-31-29-27-25-23-21-19-17-15-13-11-9-7-5-2/h18-21H,4-17,22-45H2,1-3H3. The van der Waals surface area contributed by atoms with Crippen LogP contribution in [0.4, 0.5) is 0 Å². The highest BCUT2D eigenvalue weighted by Gasteiger charge is 2.00. The van der Waals surface area contributed by atoms with E-state index in [4.69, 9.17) is 0 Å². The average Bonchev–Trinajstić information content (AvgIpc) is 3.06. The molecule has 1 heteroatoms. The highest BCUT2D eigenvalue weighted by Crippen LogP contribution is 2.14. The summed E-state index contributed by atoms with van der Waals surface area (Å²) in [6.45, 7) is 7.21. The van der Waals surface area contributed by atoms with E-state index in [0.29, 0.717) is 0 Å². The zero-order valence-electron chi connectivity index (χ0n) is 32.6. The summed E-state index contributed by atoms with van der Waals surface area (Å²) in [6.07, 6.45) is 60.9. The van der Waals surface area contributed by atoms with Crippen LogP contribution in [0.15, 0.2) is 24.3 Å². The van der Waals surface area contributed by atoms with Crippen molar-refractivity contribution in [3.8, 4) is 0 Å². The Labute approximate surface area is 293 Å². The zero-order chi connectivity index (χ0) is 33.3. The average molecular weight is 644 g/mol. The van der Waals surface area contributed by atoms with E-state index in [0.717, 1.165) is 0 Å². The maximum absolute atomic E-state index is 2.59. The Hall–Kier alpha value is -0.560. The maximum atomic E-state index is 2.59. The smallest absolute Gasteiger partial charge is 0.00218 e. The van der Waals surface area contributed by atoms with E-state index in [-0.39, 0.29) is 0 Å². The molecular weight excluding hydrogens is 555 g/mol. The number of unbranched alkanes of at least 4 members (excludes halogenated alkanes) is 32. The highest BCUT2D eigenvalue weighted by molar-refractivity contribution is 4.82. The first-order chi connectivity index (χ1) is 22.8. The monoisotopic (exact) mass is 644 g/mol. The molecule has 0 aliphatic rings. The summed E-state index contributed by atoms with van der Waals surface area (Å²) < 4.78 is 0. The fraction of sp³-hybridized carbons (Fsp3) is 0.911. The molecule has 1 nitrogen and oxygen atoms in total. The van der Waals surface area contributed by atoms with Crippen molar-refractivity contribution in [2.24, 2.45) is 0 Å². The molecule has 0 saturated carbocycles. The molecule has 0 radical (unpaired) electrons. The van der Waals surface area contributed by atoms with E-state index in [1.165, 1.54) is 244 Å². The number of nitrogens with zero attached hydrogens (tertiary/aromatic N) is 1. The van der Waals surface area contributed by atoms with E-state index in [1.807, 2.05) is 0 Å². The second-order valence-electron chi connectivity index (χ2n) is 15.0. The highest BCUT2D eigenvalue weighted by atomic mass is 15.1. The molecule has 0 N–H and O–H groups in total. The van der Waals surface area contributed by atoms with Gasteiger partial charge in [0.1, 0.15) is 0 Å². The minimum absolute atomic E-state index is 1.31. The normalized spacial score (nSPS) is 12.1. The molecule has 0 rings (SSSR count). The summed E-state index contributed by atoms with van der Waals surface area (Å²) in [5.74, 6) is 0. The van der Waals surface area contributed by atoms with Crippen LogP contribution in [0.3, 0.4) is 0 Å². The van der Waals surface area contributed by atoms with Crippen LogP contribution in [0.25, 0.3) is 0 Å². The predicted octanol–water partition coefficient (Wildman–Crippen LogP) is 16.1. The molecule has 0 aromatic rings. The third-order valence-electron chi connectivity index (χ3n) is 10.1. The van der Waals surface area contributed by atoms with Gasteiger partial charge in [-0.05, 0) is 84.3 Å². The first-order valence-electron chi connectivity index (χ1n) is 21.8. The minimum Gasteiger partial charge on any atom is -0.306 e. The van der Waals surface area contributed by atoms with Crippen LogP contribution in [0, 0.1) is 0 Å². The van der Waals surface area contributed by atoms with Gasteiger partial charge in [-0.25, -0.2) is 0 Å². The zero-order valence-corrected chi connectivity index (χ0v) is 32.6. The van der Waals surface area contributed by atoms with Gasteiger partial charge in [-0.15, -0.1) is 0 Å². The molecule has 0 aliphatic carbocycles. The van der Waals surface area contributed by atoms with Gasteiger partial charge in [0.15, 0.2) is 0 Å². The van der Waals surface area contributed by atoms with Crippen molar-refractivity contribution in [1.29, 1.82) is 0 Å². The molecule has 46 heavy (non-hydrogen) atoms. The summed E-state index contributed by atoms with van der Waals surface area (Å²) in [5.41, 5.74) is 0. The lowest BCUT2D eigenvalue weighted by Crippen LogP contribution is -2.20. The van der Waals surface area contributed by atoms with Crippen molar-refractivity contribution in [2.45, 2.75) is 245 Å². The van der Waals surface area contributed by atoms with Crippen molar-refractivity contribution in [3.05, 3.63) is 24.3 Å². The lowest BCUT2D eigenvalue weighted by Gasteiger charge is -2.16. The molecule has 0 saturated heterocycles. The van der Waals surface area contributed by atoms with Gasteiger partial charge in [0.2, 0.25) is 0 Å². The van der Waals surface area contributed by atoms with Gasteiger partial charge < -0.3 is 4.90 Å². The van der Waals surface area contributed by atoms with Crippen LogP contribution in [-0.4, -0.2) is 25.0 Å². The second kappa shape index (κ2) is 42.5. The molecule has 0 amide bonds. The van der Waals surface area contributed by atoms with E-state index in [9.17, 15) is 0 Å². The molecular formula is C45H89N. The van der Waals surface area contributed by atoms with Gasteiger partial charge >= 0.3 is 0 Å². The molecule has 0 heterocycles.